The fraction of sp³-hybridized carbons (Fsp3) is 0.857. The van der Waals surface area contributed by atoms with Crippen molar-refractivity contribution in [2.24, 2.45) is 28.6 Å². The molecule has 3 aliphatic carbocycles. The molecular formula is C28H40O8. The van der Waals surface area contributed by atoms with Gasteiger partial charge >= 0.3 is 11.9 Å². The van der Waals surface area contributed by atoms with Crippen LogP contribution in [0.1, 0.15) is 72.6 Å². The van der Waals surface area contributed by atoms with Crippen LogP contribution in [-0.2, 0) is 33.3 Å². The van der Waals surface area contributed by atoms with Crippen molar-refractivity contribution in [1.29, 1.82) is 0 Å². The fourth-order valence-electron chi connectivity index (χ4n) is 8.95. The first kappa shape index (κ1) is 24.8. The highest BCUT2D eigenvalue weighted by Gasteiger charge is 2.77. The minimum Gasteiger partial charge on any atom is -0.462 e. The van der Waals surface area contributed by atoms with E-state index < -0.39 is 23.4 Å². The zero-order valence-corrected chi connectivity index (χ0v) is 22.0. The number of carbonyl (C=O) groups excluding carboxylic acids is 2. The lowest BCUT2D eigenvalue weighted by molar-refractivity contribution is -0.265. The molecule has 0 amide bonds. The van der Waals surface area contributed by atoms with Gasteiger partial charge in [0.25, 0.3) is 0 Å². The van der Waals surface area contributed by atoms with Gasteiger partial charge in [-0.3, -0.25) is 9.59 Å². The van der Waals surface area contributed by atoms with E-state index >= 15 is 0 Å². The minimum absolute atomic E-state index is 0.0174. The molecule has 6 aliphatic rings. The summed E-state index contributed by atoms with van der Waals surface area (Å²) >= 11 is 0. The van der Waals surface area contributed by atoms with Crippen LogP contribution in [0.4, 0.5) is 0 Å². The van der Waals surface area contributed by atoms with Crippen molar-refractivity contribution >= 4 is 11.9 Å². The van der Waals surface area contributed by atoms with E-state index in [1.807, 2.05) is 20.8 Å². The molecule has 5 fully saturated rings. The van der Waals surface area contributed by atoms with Gasteiger partial charge in [0.2, 0.25) is 0 Å². The Balaban J connectivity index is 1.23. The summed E-state index contributed by atoms with van der Waals surface area (Å²) in [6.07, 6.45) is 5.55. The molecule has 0 aromatic rings. The van der Waals surface area contributed by atoms with Crippen molar-refractivity contribution in [2.75, 3.05) is 7.11 Å². The second-order valence-corrected chi connectivity index (χ2v) is 12.5. The molecule has 8 nitrogen and oxygen atoms in total. The van der Waals surface area contributed by atoms with Gasteiger partial charge in [0.1, 0.15) is 23.2 Å². The number of hydrogen-bond acceptors (Lipinski definition) is 8. The van der Waals surface area contributed by atoms with Crippen LogP contribution in [0.25, 0.3) is 0 Å². The number of esters is 2. The van der Waals surface area contributed by atoms with Gasteiger partial charge in [0, 0.05) is 30.8 Å². The molecule has 0 radical (unpaired) electrons. The van der Waals surface area contributed by atoms with Gasteiger partial charge in [-0.05, 0) is 59.3 Å². The van der Waals surface area contributed by atoms with Crippen LogP contribution >= 0.6 is 0 Å². The van der Waals surface area contributed by atoms with E-state index in [1.54, 1.807) is 7.11 Å². The molecule has 0 aromatic carbocycles. The number of aliphatic hydroxyl groups excluding tert-OH is 1. The Labute approximate surface area is 213 Å². The van der Waals surface area contributed by atoms with Crippen LogP contribution in [-0.4, -0.2) is 66.6 Å². The minimum atomic E-state index is -0.777. The molecule has 2 saturated carbocycles. The van der Waals surface area contributed by atoms with Crippen molar-refractivity contribution in [3.63, 3.8) is 0 Å². The average molecular weight is 505 g/mol. The quantitative estimate of drug-likeness (QED) is 0.462. The van der Waals surface area contributed by atoms with E-state index in [2.05, 4.69) is 13.0 Å². The molecule has 36 heavy (non-hydrogen) atoms. The van der Waals surface area contributed by atoms with Crippen LogP contribution in [0.5, 0.6) is 0 Å². The number of ether oxygens (including phenoxy) is 5. The summed E-state index contributed by atoms with van der Waals surface area (Å²) in [5.74, 6) is -0.536. The van der Waals surface area contributed by atoms with Crippen LogP contribution in [0, 0.1) is 28.6 Å². The number of hydrogen-bond donors (Lipinski definition) is 1. The smallest absolute Gasteiger partial charge is 0.316 e. The van der Waals surface area contributed by atoms with Gasteiger partial charge in [0.05, 0.1) is 24.2 Å². The molecule has 12 atom stereocenters. The lowest BCUT2D eigenvalue weighted by Crippen LogP contribution is -2.54. The van der Waals surface area contributed by atoms with Gasteiger partial charge in [-0.15, -0.1) is 0 Å². The lowest BCUT2D eigenvalue weighted by Gasteiger charge is -2.50. The van der Waals surface area contributed by atoms with E-state index in [1.165, 1.54) is 5.57 Å². The molecule has 3 aliphatic heterocycles. The second-order valence-electron chi connectivity index (χ2n) is 12.5. The van der Waals surface area contributed by atoms with E-state index in [0.717, 1.165) is 38.5 Å². The van der Waals surface area contributed by atoms with Crippen molar-refractivity contribution in [3.8, 4) is 0 Å². The Bertz CT molecular complexity index is 979. The average Bonchev–Trinajstić information content (AvgIpc) is 3.39. The number of rotatable bonds is 3. The Morgan fingerprint density at radius 1 is 1.08 bits per heavy atom. The molecule has 8 heteroatoms. The summed E-state index contributed by atoms with van der Waals surface area (Å²) in [7, 11) is 1.60. The van der Waals surface area contributed by atoms with Gasteiger partial charge in [-0.1, -0.05) is 18.6 Å². The number of fused-ring (bicyclic) bond motifs is 6. The Morgan fingerprint density at radius 2 is 1.86 bits per heavy atom. The number of aliphatic hydroxyl groups is 1. The fourth-order valence-corrected chi connectivity index (χ4v) is 8.95. The number of allylic oxidation sites excluding steroid dienone is 1. The predicted molar refractivity (Wildman–Crippen MR) is 127 cm³/mol. The molecular weight excluding hydrogens is 464 g/mol. The first-order valence-electron chi connectivity index (χ1n) is 13.7. The summed E-state index contributed by atoms with van der Waals surface area (Å²) in [6.45, 7) is 7.99. The van der Waals surface area contributed by atoms with E-state index in [4.69, 9.17) is 23.7 Å². The highest BCUT2D eigenvalue weighted by atomic mass is 16.7. The Morgan fingerprint density at radius 3 is 2.61 bits per heavy atom. The van der Waals surface area contributed by atoms with E-state index in [-0.39, 0.29) is 59.5 Å². The molecule has 0 unspecified atom stereocenters. The lowest BCUT2D eigenvalue weighted by atomic mass is 9.52. The molecule has 0 aromatic heterocycles. The summed E-state index contributed by atoms with van der Waals surface area (Å²) < 4.78 is 29.8. The highest BCUT2D eigenvalue weighted by molar-refractivity contribution is 5.86. The largest absolute Gasteiger partial charge is 0.462 e. The van der Waals surface area contributed by atoms with Crippen molar-refractivity contribution in [1.82, 2.24) is 0 Å². The summed E-state index contributed by atoms with van der Waals surface area (Å²) in [5.41, 5.74) is -0.607. The number of cyclic esters (lactones) is 1. The van der Waals surface area contributed by atoms with Crippen LogP contribution in [0.2, 0.25) is 0 Å². The molecule has 1 spiro atoms. The first-order valence-corrected chi connectivity index (χ1v) is 13.7. The van der Waals surface area contributed by atoms with E-state index in [9.17, 15) is 14.7 Å². The predicted octanol–water partition coefficient (Wildman–Crippen LogP) is 3.29. The maximum absolute atomic E-state index is 13.6. The second kappa shape index (κ2) is 8.26. The number of methoxy groups -OCH3 is 1. The van der Waals surface area contributed by atoms with Crippen LogP contribution in [0.3, 0.4) is 0 Å². The summed E-state index contributed by atoms with van der Waals surface area (Å²) in [4.78, 5) is 26.7. The number of carbonyl (C=O) groups is 2. The molecule has 3 saturated heterocycles. The van der Waals surface area contributed by atoms with Crippen molar-refractivity contribution in [2.45, 2.75) is 115 Å². The molecule has 6 rings (SSSR count). The van der Waals surface area contributed by atoms with Gasteiger partial charge in [0.15, 0.2) is 6.29 Å². The van der Waals surface area contributed by atoms with Gasteiger partial charge in [-0.25, -0.2) is 0 Å². The highest BCUT2D eigenvalue weighted by Crippen LogP contribution is 2.69. The van der Waals surface area contributed by atoms with Crippen molar-refractivity contribution in [3.05, 3.63) is 11.6 Å². The SMILES string of the molecule is CO[C@@H]1C[C@H](O[C@H]2CC[C@@]3(C)C(=CC[C@@H]4[C@@H]3C(=O)O[C@@]43CC[C@H]4[C@H](C)OC(=O)[C@]43C)C2)O[C@H](C)[C@@H]1O. The third kappa shape index (κ3) is 3.13. The third-order valence-electron chi connectivity index (χ3n) is 11.0. The van der Waals surface area contributed by atoms with Crippen molar-refractivity contribution < 1.29 is 38.4 Å². The standard InChI is InChI=1S/C28H40O8/c1-14-18-9-11-28(27(18,4)25(31)34-14)19-7-6-16-12-17(8-10-26(16,3)22(19)24(30)36-28)35-21-13-20(32-5)23(29)15(2)33-21/h6,14-15,17-23,29H,7-13H2,1-5H3/t14-,15+,17-,18-,19+,20+,21-,22+,23-,26-,27-,28-/m0/s1. The Hall–Kier alpha value is -1.48. The Kier molecular flexibility index (Phi) is 5.70. The summed E-state index contributed by atoms with van der Waals surface area (Å²) in [6, 6.07) is 0. The zero-order valence-electron chi connectivity index (χ0n) is 22.0. The normalized spacial score (nSPS) is 53.9. The molecule has 200 valence electrons. The van der Waals surface area contributed by atoms with Gasteiger partial charge in [-0.2, -0.15) is 0 Å². The van der Waals surface area contributed by atoms with Crippen LogP contribution < -0.4 is 0 Å². The van der Waals surface area contributed by atoms with Crippen LogP contribution in [0.15, 0.2) is 11.6 Å². The molecule has 1 N–H and O–H groups in total. The maximum Gasteiger partial charge on any atom is 0.316 e. The summed E-state index contributed by atoms with van der Waals surface area (Å²) in [5, 5.41) is 10.3. The first-order chi connectivity index (χ1) is 17.0. The zero-order chi connectivity index (χ0) is 25.6. The van der Waals surface area contributed by atoms with E-state index in [0.29, 0.717) is 6.42 Å². The molecule has 3 heterocycles. The third-order valence-corrected chi connectivity index (χ3v) is 11.0. The topological polar surface area (TPSA) is 101 Å². The van der Waals surface area contributed by atoms with Gasteiger partial charge < -0.3 is 28.8 Å². The monoisotopic (exact) mass is 504 g/mol. The molecule has 0 bridgehead atoms. The maximum atomic E-state index is 13.6.